The van der Waals surface area contributed by atoms with E-state index in [0.29, 0.717) is 22.5 Å². The third-order valence-electron chi connectivity index (χ3n) is 3.59. The molecule has 1 heterocycles. The molecule has 0 aliphatic carbocycles. The molecule has 1 aromatic heterocycles. The molecule has 29 heavy (non-hydrogen) atoms. The van der Waals surface area contributed by atoms with Crippen LogP contribution in [0.15, 0.2) is 60.7 Å². The van der Waals surface area contributed by atoms with Gasteiger partial charge in [0.1, 0.15) is 11.5 Å². The fourth-order valence-electron chi connectivity index (χ4n) is 2.45. The Hall–Kier alpha value is -2.94. The maximum atomic E-state index is 12.3. The number of aromatic nitrogens is 1. The summed E-state index contributed by atoms with van der Waals surface area (Å²) in [5, 5.41) is 0.246. The van der Waals surface area contributed by atoms with Crippen molar-refractivity contribution in [3.05, 3.63) is 65.7 Å². The lowest BCUT2D eigenvalue weighted by molar-refractivity contribution is -0.275. The molecule has 0 bridgehead atoms. The molecule has 10 heteroatoms. The lowest BCUT2D eigenvalue weighted by Crippen LogP contribution is -2.16. The Morgan fingerprint density at radius 1 is 0.621 bits per heavy atom. The fraction of sp³-hybridized carbons (Fsp3) is 0.105. The van der Waals surface area contributed by atoms with E-state index in [1.165, 1.54) is 30.3 Å². The van der Waals surface area contributed by atoms with Crippen LogP contribution in [0, 0.1) is 0 Å². The molecule has 0 aliphatic rings. The van der Waals surface area contributed by atoms with Crippen molar-refractivity contribution in [3.63, 3.8) is 0 Å². The third-order valence-corrected chi connectivity index (χ3v) is 3.90. The molecular formula is C19H10ClF6NO2. The minimum absolute atomic E-state index is 0.246. The molecule has 2 aromatic carbocycles. The van der Waals surface area contributed by atoms with Gasteiger partial charge in [0.25, 0.3) is 0 Å². The summed E-state index contributed by atoms with van der Waals surface area (Å²) in [6, 6.07) is 13.1. The maximum Gasteiger partial charge on any atom is 0.573 e. The first kappa shape index (κ1) is 20.8. The van der Waals surface area contributed by atoms with Crippen LogP contribution in [-0.2, 0) is 0 Å². The summed E-state index contributed by atoms with van der Waals surface area (Å²) in [6.07, 6.45) is -9.60. The number of ether oxygens (including phenoxy) is 2. The van der Waals surface area contributed by atoms with Crippen LogP contribution in [0.1, 0.15) is 0 Å². The molecule has 0 aliphatic heterocycles. The van der Waals surface area contributed by atoms with Crippen molar-refractivity contribution >= 4 is 11.6 Å². The summed E-state index contributed by atoms with van der Waals surface area (Å²) in [4.78, 5) is 4.36. The molecule has 152 valence electrons. The number of pyridine rings is 1. The molecule has 0 atom stereocenters. The molecule has 0 spiro atoms. The van der Waals surface area contributed by atoms with Crippen LogP contribution < -0.4 is 9.47 Å². The number of hydrogen-bond donors (Lipinski definition) is 0. The highest BCUT2D eigenvalue weighted by molar-refractivity contribution is 6.33. The minimum atomic E-state index is -4.81. The first-order chi connectivity index (χ1) is 13.5. The van der Waals surface area contributed by atoms with Crippen LogP contribution in [-0.4, -0.2) is 17.7 Å². The van der Waals surface area contributed by atoms with Gasteiger partial charge in [-0.3, -0.25) is 0 Å². The van der Waals surface area contributed by atoms with Crippen LogP contribution in [0.25, 0.3) is 22.5 Å². The molecular weight excluding hydrogens is 424 g/mol. The van der Waals surface area contributed by atoms with E-state index in [1.54, 1.807) is 6.07 Å². The first-order valence-electron chi connectivity index (χ1n) is 7.89. The number of alkyl halides is 6. The summed E-state index contributed by atoms with van der Waals surface area (Å²) in [5.74, 6) is -0.774. The average molecular weight is 434 g/mol. The van der Waals surface area contributed by atoms with Crippen LogP contribution in [0.2, 0.25) is 5.02 Å². The van der Waals surface area contributed by atoms with Gasteiger partial charge in [0.05, 0.1) is 16.4 Å². The lowest BCUT2D eigenvalue weighted by Gasteiger charge is -2.11. The molecule has 3 nitrogen and oxygen atoms in total. The Morgan fingerprint density at radius 3 is 1.52 bits per heavy atom. The number of hydrogen-bond acceptors (Lipinski definition) is 3. The molecule has 0 saturated heterocycles. The summed E-state index contributed by atoms with van der Waals surface area (Å²) in [5.41, 5.74) is 1.62. The zero-order chi connectivity index (χ0) is 21.2. The molecule has 0 fully saturated rings. The molecule has 3 aromatic rings. The van der Waals surface area contributed by atoms with Crippen LogP contribution in [0.4, 0.5) is 26.3 Å². The highest BCUT2D eigenvalue weighted by Crippen LogP contribution is 2.32. The Kier molecular flexibility index (Phi) is 5.61. The van der Waals surface area contributed by atoms with Crippen molar-refractivity contribution in [2.24, 2.45) is 0 Å². The predicted octanol–water partition coefficient (Wildman–Crippen LogP) is 6.87. The summed E-state index contributed by atoms with van der Waals surface area (Å²) in [7, 11) is 0. The zero-order valence-corrected chi connectivity index (χ0v) is 14.9. The number of halogens is 7. The average Bonchev–Trinajstić information content (AvgIpc) is 2.61. The van der Waals surface area contributed by atoms with Crippen molar-refractivity contribution < 1.29 is 35.8 Å². The second-order valence-corrected chi connectivity index (χ2v) is 6.08. The second kappa shape index (κ2) is 7.82. The SMILES string of the molecule is FC(F)(F)Oc1ccc(-c2ccc(Cl)c(-c3ccc(OC(F)(F)F)cc3)n2)cc1. The molecule has 0 N–H and O–H groups in total. The molecule has 0 unspecified atom stereocenters. The van der Waals surface area contributed by atoms with Crippen LogP contribution >= 0.6 is 11.6 Å². The van der Waals surface area contributed by atoms with Gasteiger partial charge in [-0.15, -0.1) is 26.3 Å². The molecule has 0 amide bonds. The van der Waals surface area contributed by atoms with Crippen molar-refractivity contribution in [2.75, 3.05) is 0 Å². The molecule has 0 saturated carbocycles. The van der Waals surface area contributed by atoms with Gasteiger partial charge in [0.2, 0.25) is 0 Å². The van der Waals surface area contributed by atoms with E-state index in [2.05, 4.69) is 14.5 Å². The minimum Gasteiger partial charge on any atom is -0.406 e. The highest BCUT2D eigenvalue weighted by atomic mass is 35.5. The smallest absolute Gasteiger partial charge is 0.406 e. The van der Waals surface area contributed by atoms with Gasteiger partial charge in [-0.1, -0.05) is 11.6 Å². The summed E-state index contributed by atoms with van der Waals surface area (Å²) in [6.45, 7) is 0. The third kappa shape index (κ3) is 5.77. The van der Waals surface area contributed by atoms with Crippen LogP contribution in [0.3, 0.4) is 0 Å². The summed E-state index contributed by atoms with van der Waals surface area (Å²) < 4.78 is 81.2. The van der Waals surface area contributed by atoms with E-state index in [1.807, 2.05) is 0 Å². The molecule has 3 rings (SSSR count). The van der Waals surface area contributed by atoms with Crippen LogP contribution in [0.5, 0.6) is 11.5 Å². The van der Waals surface area contributed by atoms with Gasteiger partial charge in [0.15, 0.2) is 0 Å². The number of nitrogens with zero attached hydrogens (tertiary/aromatic N) is 1. The van der Waals surface area contributed by atoms with Gasteiger partial charge in [0, 0.05) is 11.1 Å². The molecule has 0 radical (unpaired) electrons. The highest BCUT2D eigenvalue weighted by Gasteiger charge is 2.31. The van der Waals surface area contributed by atoms with E-state index in [0.717, 1.165) is 24.3 Å². The number of benzene rings is 2. The monoisotopic (exact) mass is 433 g/mol. The van der Waals surface area contributed by atoms with Gasteiger partial charge >= 0.3 is 12.7 Å². The van der Waals surface area contributed by atoms with Gasteiger partial charge in [-0.2, -0.15) is 0 Å². The second-order valence-electron chi connectivity index (χ2n) is 5.67. The lowest BCUT2D eigenvalue weighted by atomic mass is 10.1. The zero-order valence-electron chi connectivity index (χ0n) is 14.2. The van der Waals surface area contributed by atoms with Gasteiger partial charge < -0.3 is 9.47 Å². The quantitative estimate of drug-likeness (QED) is 0.421. The van der Waals surface area contributed by atoms with Gasteiger partial charge in [-0.25, -0.2) is 4.98 Å². The van der Waals surface area contributed by atoms with E-state index in [-0.39, 0.29) is 10.8 Å². The standard InChI is InChI=1S/C19H10ClF6NO2/c20-15-9-10-16(11-1-5-13(6-2-11)28-18(21,22)23)27-17(15)12-3-7-14(8-4-12)29-19(24,25)26/h1-10H. The van der Waals surface area contributed by atoms with Crippen molar-refractivity contribution in [1.82, 2.24) is 4.98 Å². The Balaban J connectivity index is 1.87. The fourth-order valence-corrected chi connectivity index (χ4v) is 2.66. The Bertz CT molecular complexity index is 986. The number of rotatable bonds is 4. The Labute approximate surface area is 165 Å². The van der Waals surface area contributed by atoms with Crippen molar-refractivity contribution in [3.8, 4) is 34.0 Å². The first-order valence-corrected chi connectivity index (χ1v) is 8.27. The predicted molar refractivity (Wildman–Crippen MR) is 93.5 cm³/mol. The normalized spacial score (nSPS) is 12.0. The maximum absolute atomic E-state index is 12.3. The topological polar surface area (TPSA) is 31.4 Å². The van der Waals surface area contributed by atoms with E-state index in [9.17, 15) is 26.3 Å². The van der Waals surface area contributed by atoms with E-state index in [4.69, 9.17) is 11.6 Å². The van der Waals surface area contributed by atoms with Gasteiger partial charge in [-0.05, 0) is 60.7 Å². The van der Waals surface area contributed by atoms with E-state index >= 15 is 0 Å². The largest absolute Gasteiger partial charge is 0.573 e. The van der Waals surface area contributed by atoms with Crippen molar-refractivity contribution in [1.29, 1.82) is 0 Å². The van der Waals surface area contributed by atoms with Crippen molar-refractivity contribution in [2.45, 2.75) is 12.7 Å². The summed E-state index contributed by atoms with van der Waals surface area (Å²) >= 11 is 6.14. The Morgan fingerprint density at radius 2 is 1.07 bits per heavy atom. The van der Waals surface area contributed by atoms with E-state index < -0.39 is 18.5 Å².